The summed E-state index contributed by atoms with van der Waals surface area (Å²) in [6.07, 6.45) is 3.89. The second-order valence-corrected chi connectivity index (χ2v) is 8.85. The number of benzene rings is 1. The number of ketones is 1. The molecule has 3 heterocycles. The van der Waals surface area contributed by atoms with Crippen molar-refractivity contribution in [2.75, 3.05) is 18.0 Å². The standard InChI is InChI=1S/C24H30N6O3/c1-16(2)11-13-29-20-21(26-23(29)28-12-7-10-18(25)14-28)27(3)24(33)30(22(20)32)15-19(31)17-8-5-4-6-9-17/h4-6,8-9,11,18H,7,10,12-15,25H2,1-3H3. The highest BCUT2D eigenvalue weighted by Gasteiger charge is 2.26. The van der Waals surface area contributed by atoms with Gasteiger partial charge in [0, 0.05) is 38.3 Å². The van der Waals surface area contributed by atoms with Crippen molar-refractivity contribution in [1.29, 1.82) is 0 Å². The van der Waals surface area contributed by atoms with Crippen LogP contribution in [-0.4, -0.2) is 43.6 Å². The Morgan fingerprint density at radius 3 is 2.58 bits per heavy atom. The van der Waals surface area contributed by atoms with E-state index < -0.39 is 11.2 Å². The fraction of sp³-hybridized carbons (Fsp3) is 0.417. The van der Waals surface area contributed by atoms with E-state index in [1.807, 2.05) is 30.6 Å². The van der Waals surface area contributed by atoms with Gasteiger partial charge in [0.1, 0.15) is 0 Å². The molecule has 9 nitrogen and oxygen atoms in total. The van der Waals surface area contributed by atoms with E-state index in [1.54, 1.807) is 31.3 Å². The van der Waals surface area contributed by atoms with Crippen LogP contribution in [0.2, 0.25) is 0 Å². The lowest BCUT2D eigenvalue weighted by Crippen LogP contribution is -2.44. The van der Waals surface area contributed by atoms with Gasteiger partial charge in [-0.2, -0.15) is 4.98 Å². The van der Waals surface area contributed by atoms with Crippen molar-refractivity contribution in [2.45, 2.75) is 45.8 Å². The maximum atomic E-state index is 13.6. The molecule has 2 aromatic heterocycles. The number of imidazole rings is 1. The van der Waals surface area contributed by atoms with Gasteiger partial charge >= 0.3 is 5.69 Å². The molecule has 2 N–H and O–H groups in total. The molecule has 0 spiro atoms. The number of hydrogen-bond donors (Lipinski definition) is 1. The summed E-state index contributed by atoms with van der Waals surface area (Å²) < 4.78 is 4.19. The number of nitrogens with two attached hydrogens (primary N) is 1. The first-order valence-corrected chi connectivity index (χ1v) is 11.2. The summed E-state index contributed by atoms with van der Waals surface area (Å²) in [5.74, 6) is 0.323. The second kappa shape index (κ2) is 9.19. The molecular formula is C24H30N6O3. The van der Waals surface area contributed by atoms with Crippen LogP contribution in [0.5, 0.6) is 0 Å². The number of Topliss-reactive ketones (excluding diaryl/α,β-unsaturated/α-hetero) is 1. The molecule has 1 fully saturated rings. The Hall–Kier alpha value is -3.46. The van der Waals surface area contributed by atoms with E-state index >= 15 is 0 Å². The minimum absolute atomic E-state index is 0.0273. The van der Waals surface area contributed by atoms with Crippen molar-refractivity contribution in [1.82, 2.24) is 18.7 Å². The van der Waals surface area contributed by atoms with Gasteiger partial charge in [0.2, 0.25) is 5.95 Å². The van der Waals surface area contributed by atoms with Crippen molar-refractivity contribution in [2.24, 2.45) is 12.8 Å². The predicted octanol–water partition coefficient (Wildman–Crippen LogP) is 1.67. The van der Waals surface area contributed by atoms with Crippen LogP contribution in [0.3, 0.4) is 0 Å². The lowest BCUT2D eigenvalue weighted by atomic mass is 10.1. The van der Waals surface area contributed by atoms with Gasteiger partial charge in [-0.15, -0.1) is 0 Å². The molecule has 174 valence electrons. The smallest absolute Gasteiger partial charge is 0.332 e. The van der Waals surface area contributed by atoms with Crippen LogP contribution in [0.1, 0.15) is 37.0 Å². The molecule has 0 amide bonds. The number of allylic oxidation sites excluding steroid dienone is 2. The van der Waals surface area contributed by atoms with Crippen molar-refractivity contribution < 1.29 is 4.79 Å². The Morgan fingerprint density at radius 2 is 1.91 bits per heavy atom. The Kier molecular flexibility index (Phi) is 6.33. The normalized spacial score (nSPS) is 16.2. The lowest BCUT2D eigenvalue weighted by Gasteiger charge is -2.31. The van der Waals surface area contributed by atoms with Gasteiger partial charge in [0.25, 0.3) is 5.56 Å². The number of rotatable bonds is 6. The Balaban J connectivity index is 1.89. The first kappa shape index (κ1) is 22.7. The van der Waals surface area contributed by atoms with Crippen LogP contribution in [0.4, 0.5) is 5.95 Å². The van der Waals surface area contributed by atoms with E-state index in [9.17, 15) is 14.4 Å². The van der Waals surface area contributed by atoms with Crippen LogP contribution in [0.15, 0.2) is 51.6 Å². The van der Waals surface area contributed by atoms with E-state index in [4.69, 9.17) is 10.7 Å². The molecule has 1 saturated heterocycles. The number of anilines is 1. The third kappa shape index (κ3) is 4.41. The molecule has 33 heavy (non-hydrogen) atoms. The summed E-state index contributed by atoms with van der Waals surface area (Å²) in [6.45, 7) is 5.49. The zero-order valence-electron chi connectivity index (χ0n) is 19.3. The predicted molar refractivity (Wildman–Crippen MR) is 129 cm³/mol. The topological polar surface area (TPSA) is 108 Å². The maximum absolute atomic E-state index is 13.6. The van der Waals surface area contributed by atoms with Gasteiger partial charge < -0.3 is 15.2 Å². The summed E-state index contributed by atoms with van der Waals surface area (Å²) >= 11 is 0. The minimum Gasteiger partial charge on any atom is -0.341 e. The van der Waals surface area contributed by atoms with Gasteiger partial charge in [0.15, 0.2) is 16.9 Å². The minimum atomic E-state index is -0.564. The quantitative estimate of drug-likeness (QED) is 0.452. The summed E-state index contributed by atoms with van der Waals surface area (Å²) in [5.41, 5.74) is 7.29. The van der Waals surface area contributed by atoms with E-state index in [1.165, 1.54) is 4.57 Å². The van der Waals surface area contributed by atoms with Crippen molar-refractivity contribution in [3.63, 3.8) is 0 Å². The number of carbonyl (C=O) groups excluding carboxylic acids is 1. The molecule has 1 atom stereocenters. The fourth-order valence-electron chi connectivity index (χ4n) is 4.24. The molecule has 0 saturated carbocycles. The third-order valence-electron chi connectivity index (χ3n) is 6.03. The van der Waals surface area contributed by atoms with Crippen LogP contribution >= 0.6 is 0 Å². The maximum Gasteiger partial charge on any atom is 0.332 e. The molecule has 4 rings (SSSR count). The summed E-state index contributed by atoms with van der Waals surface area (Å²) in [5, 5.41) is 0. The molecule has 0 aliphatic carbocycles. The van der Waals surface area contributed by atoms with Crippen LogP contribution < -0.4 is 21.9 Å². The highest BCUT2D eigenvalue weighted by molar-refractivity contribution is 5.95. The van der Waals surface area contributed by atoms with Crippen LogP contribution in [0, 0.1) is 0 Å². The van der Waals surface area contributed by atoms with E-state index in [0.717, 1.165) is 29.5 Å². The zero-order valence-corrected chi connectivity index (χ0v) is 19.3. The number of aromatic nitrogens is 4. The molecule has 0 radical (unpaired) electrons. The Morgan fingerprint density at radius 1 is 1.18 bits per heavy atom. The molecule has 9 heteroatoms. The number of carbonyl (C=O) groups is 1. The largest absolute Gasteiger partial charge is 0.341 e. The first-order chi connectivity index (χ1) is 15.8. The number of hydrogen-bond acceptors (Lipinski definition) is 6. The monoisotopic (exact) mass is 450 g/mol. The highest BCUT2D eigenvalue weighted by Crippen LogP contribution is 2.23. The number of piperidine rings is 1. The van der Waals surface area contributed by atoms with Gasteiger partial charge in [-0.25, -0.2) is 4.79 Å². The molecule has 1 aromatic carbocycles. The van der Waals surface area contributed by atoms with Crippen molar-refractivity contribution in [3.8, 4) is 0 Å². The first-order valence-electron chi connectivity index (χ1n) is 11.2. The summed E-state index contributed by atoms with van der Waals surface area (Å²) in [7, 11) is 1.58. The van der Waals surface area contributed by atoms with Gasteiger partial charge in [-0.3, -0.25) is 18.7 Å². The molecular weight excluding hydrogens is 420 g/mol. The van der Waals surface area contributed by atoms with E-state index in [2.05, 4.69) is 4.90 Å². The number of nitrogens with zero attached hydrogens (tertiary/aromatic N) is 5. The summed E-state index contributed by atoms with van der Waals surface area (Å²) in [4.78, 5) is 46.2. The van der Waals surface area contributed by atoms with Gasteiger partial charge in [0.05, 0.1) is 6.54 Å². The average molecular weight is 451 g/mol. The highest BCUT2D eigenvalue weighted by atomic mass is 16.2. The SMILES string of the molecule is CC(C)=CCn1c(N2CCCC(N)C2)nc2c1c(=O)n(CC(=O)c1ccccc1)c(=O)n2C. The molecule has 3 aromatic rings. The Bertz CT molecular complexity index is 1330. The zero-order chi connectivity index (χ0) is 23.7. The number of fused-ring (bicyclic) bond motifs is 1. The van der Waals surface area contributed by atoms with Crippen molar-refractivity contribution in [3.05, 3.63) is 68.4 Å². The average Bonchev–Trinajstić information content (AvgIpc) is 3.19. The van der Waals surface area contributed by atoms with Crippen LogP contribution in [-0.2, 0) is 20.1 Å². The number of aryl methyl sites for hydroxylation is 1. The molecule has 1 aliphatic rings. The Labute approximate surface area is 191 Å². The molecule has 1 aliphatic heterocycles. The van der Waals surface area contributed by atoms with E-state index in [0.29, 0.717) is 35.8 Å². The third-order valence-corrected chi connectivity index (χ3v) is 6.03. The van der Waals surface area contributed by atoms with E-state index in [-0.39, 0.29) is 18.4 Å². The van der Waals surface area contributed by atoms with Crippen molar-refractivity contribution >= 4 is 22.9 Å². The second-order valence-electron chi connectivity index (χ2n) is 8.85. The van der Waals surface area contributed by atoms with Gasteiger partial charge in [-0.1, -0.05) is 42.0 Å². The lowest BCUT2D eigenvalue weighted by molar-refractivity contribution is 0.0969. The van der Waals surface area contributed by atoms with Crippen LogP contribution in [0.25, 0.3) is 11.2 Å². The fourth-order valence-corrected chi connectivity index (χ4v) is 4.24. The molecule has 1 unspecified atom stereocenters. The van der Waals surface area contributed by atoms with Gasteiger partial charge in [-0.05, 0) is 26.7 Å². The summed E-state index contributed by atoms with van der Waals surface area (Å²) in [6, 6.07) is 8.69. The molecule has 0 bridgehead atoms.